The van der Waals surface area contributed by atoms with Crippen LogP contribution in [0.3, 0.4) is 0 Å². The number of benzene rings is 6. The Morgan fingerprint density at radius 2 is 0.318 bits per heavy atom. The van der Waals surface area contributed by atoms with Crippen molar-refractivity contribution in [3.63, 3.8) is 0 Å². The molecule has 0 N–H and O–H groups in total. The molecule has 0 aliphatic rings. The van der Waals surface area contributed by atoms with E-state index in [-0.39, 0.29) is 0 Å². The van der Waals surface area contributed by atoms with E-state index in [9.17, 15) is 0 Å². The van der Waals surface area contributed by atoms with Gasteiger partial charge in [0, 0.05) is 0 Å². The molecule has 6 aromatic rings. The Balaban J connectivity index is 0.000000194. The highest BCUT2D eigenvalue weighted by atomic mass is 14.0. The molecular formula is C44H52. The number of aryl methyl sites for hydroxylation is 10. The summed E-state index contributed by atoms with van der Waals surface area (Å²) in [6.45, 7) is 21.0. The zero-order valence-electron chi connectivity index (χ0n) is 28.7. The average Bonchev–Trinajstić information content (AvgIpc) is 3.01. The molecule has 0 fully saturated rings. The summed E-state index contributed by atoms with van der Waals surface area (Å²) in [5, 5.41) is 2.67. The van der Waals surface area contributed by atoms with Crippen LogP contribution in [-0.2, 0) is 0 Å². The maximum absolute atomic E-state index is 2.22. The first kappa shape index (κ1) is 35.8. The van der Waals surface area contributed by atoms with Crippen LogP contribution in [0.2, 0.25) is 0 Å². The fraction of sp³-hybridized carbons (Fsp3) is 0.227. The van der Waals surface area contributed by atoms with Crippen molar-refractivity contribution in [1.82, 2.24) is 0 Å². The molecule has 0 saturated carbocycles. The van der Waals surface area contributed by atoms with Crippen LogP contribution in [0, 0.1) is 69.2 Å². The third-order valence-corrected chi connectivity index (χ3v) is 7.02. The Kier molecular flexibility index (Phi) is 15.4. The van der Waals surface area contributed by atoms with Crippen LogP contribution in [0.4, 0.5) is 0 Å². The molecule has 0 radical (unpaired) electrons. The van der Waals surface area contributed by atoms with Crippen LogP contribution in [0.15, 0.2) is 133 Å². The van der Waals surface area contributed by atoms with E-state index in [1.807, 2.05) is 0 Å². The Labute approximate surface area is 268 Å². The summed E-state index contributed by atoms with van der Waals surface area (Å²) in [6.07, 6.45) is 0. The Bertz CT molecular complexity index is 1340. The second kappa shape index (κ2) is 19.0. The summed E-state index contributed by atoms with van der Waals surface area (Å²) in [7, 11) is 0. The van der Waals surface area contributed by atoms with E-state index in [0.29, 0.717) is 0 Å². The molecule has 0 heteroatoms. The summed E-state index contributed by atoms with van der Waals surface area (Å²) in [6, 6.07) is 47.0. The molecule has 0 aliphatic carbocycles. The summed E-state index contributed by atoms with van der Waals surface area (Å²) in [5.74, 6) is 0. The number of rotatable bonds is 0. The van der Waals surface area contributed by atoms with Gasteiger partial charge < -0.3 is 0 Å². The van der Waals surface area contributed by atoms with Gasteiger partial charge in [-0.15, -0.1) is 0 Å². The minimum atomic E-state index is 1.33. The highest BCUT2D eigenvalue weighted by Crippen LogP contribution is 2.16. The SMILES string of the molecule is Cc1ccc(C)cc1.Cc1ccc(C)cc1.Cc1ccc(C)cc1.Cc1ccc(C)cc1.Cc1ccc2cc(C)ccc2c1. The molecule has 0 bridgehead atoms. The minimum absolute atomic E-state index is 1.33. The van der Waals surface area contributed by atoms with E-state index in [4.69, 9.17) is 0 Å². The van der Waals surface area contributed by atoms with Gasteiger partial charge in [0.15, 0.2) is 0 Å². The average molecular weight is 581 g/mol. The molecule has 0 unspecified atom stereocenters. The zero-order chi connectivity index (χ0) is 32.5. The van der Waals surface area contributed by atoms with Gasteiger partial charge in [0.05, 0.1) is 0 Å². The molecule has 0 aromatic heterocycles. The first-order valence-corrected chi connectivity index (χ1v) is 15.5. The van der Waals surface area contributed by atoms with Crippen molar-refractivity contribution in [3.8, 4) is 0 Å². The van der Waals surface area contributed by atoms with Crippen molar-refractivity contribution in [2.45, 2.75) is 69.2 Å². The lowest BCUT2D eigenvalue weighted by Gasteiger charge is -1.99. The van der Waals surface area contributed by atoms with E-state index in [2.05, 4.69) is 203 Å². The van der Waals surface area contributed by atoms with Gasteiger partial charge in [-0.2, -0.15) is 0 Å². The summed E-state index contributed by atoms with van der Waals surface area (Å²) >= 11 is 0. The van der Waals surface area contributed by atoms with Gasteiger partial charge in [-0.25, -0.2) is 0 Å². The highest BCUT2D eigenvalue weighted by molar-refractivity contribution is 5.83. The first-order chi connectivity index (χ1) is 20.9. The van der Waals surface area contributed by atoms with Gasteiger partial charge in [-0.05, 0) is 80.0 Å². The van der Waals surface area contributed by atoms with Gasteiger partial charge in [-0.1, -0.05) is 189 Å². The van der Waals surface area contributed by atoms with Crippen LogP contribution in [0.1, 0.15) is 55.6 Å². The van der Waals surface area contributed by atoms with E-state index < -0.39 is 0 Å². The van der Waals surface area contributed by atoms with Crippen molar-refractivity contribution in [2.24, 2.45) is 0 Å². The smallest absolute Gasteiger partial charge is 0.0181 e. The molecule has 0 amide bonds. The highest BCUT2D eigenvalue weighted by Gasteiger charge is 1.92. The normalized spacial score (nSPS) is 9.59. The monoisotopic (exact) mass is 580 g/mol. The molecule has 228 valence electrons. The van der Waals surface area contributed by atoms with Crippen molar-refractivity contribution >= 4 is 10.8 Å². The molecule has 0 saturated heterocycles. The van der Waals surface area contributed by atoms with Crippen molar-refractivity contribution in [1.29, 1.82) is 0 Å². The van der Waals surface area contributed by atoms with E-state index in [1.54, 1.807) is 0 Å². The van der Waals surface area contributed by atoms with Gasteiger partial charge in [0.2, 0.25) is 0 Å². The van der Waals surface area contributed by atoms with Gasteiger partial charge >= 0.3 is 0 Å². The molecule has 0 aliphatic heterocycles. The lowest BCUT2D eigenvalue weighted by Crippen LogP contribution is -1.76. The van der Waals surface area contributed by atoms with E-state index in [0.717, 1.165) is 0 Å². The van der Waals surface area contributed by atoms with Crippen LogP contribution in [0.5, 0.6) is 0 Å². The van der Waals surface area contributed by atoms with E-state index in [1.165, 1.54) is 66.4 Å². The van der Waals surface area contributed by atoms with Gasteiger partial charge in [-0.3, -0.25) is 0 Å². The molecule has 6 aromatic carbocycles. The van der Waals surface area contributed by atoms with Crippen LogP contribution in [-0.4, -0.2) is 0 Å². The molecule has 44 heavy (non-hydrogen) atoms. The van der Waals surface area contributed by atoms with Crippen LogP contribution in [0.25, 0.3) is 10.8 Å². The van der Waals surface area contributed by atoms with Gasteiger partial charge in [0.1, 0.15) is 0 Å². The quantitative estimate of drug-likeness (QED) is 0.168. The summed E-state index contributed by atoms with van der Waals surface area (Å²) < 4.78 is 0. The van der Waals surface area contributed by atoms with E-state index >= 15 is 0 Å². The van der Waals surface area contributed by atoms with Crippen LogP contribution < -0.4 is 0 Å². The van der Waals surface area contributed by atoms with Gasteiger partial charge in [0.25, 0.3) is 0 Å². The zero-order valence-corrected chi connectivity index (χ0v) is 28.7. The lowest BCUT2D eigenvalue weighted by atomic mass is 10.1. The van der Waals surface area contributed by atoms with Crippen LogP contribution >= 0.6 is 0 Å². The number of fused-ring (bicyclic) bond motifs is 1. The minimum Gasteiger partial charge on any atom is -0.0591 e. The molecule has 6 rings (SSSR count). The Morgan fingerprint density at radius 3 is 0.477 bits per heavy atom. The predicted molar refractivity (Wildman–Crippen MR) is 197 cm³/mol. The van der Waals surface area contributed by atoms with Crippen molar-refractivity contribution in [3.05, 3.63) is 189 Å². The first-order valence-electron chi connectivity index (χ1n) is 15.5. The lowest BCUT2D eigenvalue weighted by molar-refractivity contribution is 1.40. The second-order valence-electron chi connectivity index (χ2n) is 12.0. The number of hydrogen-bond acceptors (Lipinski definition) is 0. The third-order valence-electron chi connectivity index (χ3n) is 7.02. The largest absolute Gasteiger partial charge is 0.0591 e. The predicted octanol–water partition coefficient (Wildman–Crippen LogP) is 12.7. The third kappa shape index (κ3) is 15.2. The number of hydrogen-bond donors (Lipinski definition) is 0. The fourth-order valence-corrected chi connectivity index (χ4v) is 4.03. The molecule has 0 heterocycles. The Morgan fingerprint density at radius 1 is 0.182 bits per heavy atom. The molecular weight excluding hydrogens is 528 g/mol. The topological polar surface area (TPSA) is 0 Å². The van der Waals surface area contributed by atoms with Crippen molar-refractivity contribution < 1.29 is 0 Å². The van der Waals surface area contributed by atoms with Crippen molar-refractivity contribution in [2.75, 3.05) is 0 Å². The Hall–Kier alpha value is -4.42. The molecule has 0 nitrogen and oxygen atoms in total. The summed E-state index contributed by atoms with van der Waals surface area (Å²) in [4.78, 5) is 0. The summed E-state index contributed by atoms with van der Waals surface area (Å²) in [5.41, 5.74) is 13.3. The molecule has 0 spiro atoms. The second-order valence-corrected chi connectivity index (χ2v) is 12.0. The maximum atomic E-state index is 2.22. The standard InChI is InChI=1S/C12H12.4C8H10/c1-9-3-5-12-8-10(2)4-6-11(12)7-9;4*1-7-3-5-8(2)6-4-7/h3-8H,1-2H3;4*3-6H,1-2H3. The fourth-order valence-electron chi connectivity index (χ4n) is 4.03. The molecule has 0 atom stereocenters. The maximum Gasteiger partial charge on any atom is -0.0181 e.